The number of ether oxygens (including phenoxy) is 2. The van der Waals surface area contributed by atoms with Crippen molar-refractivity contribution in [3.05, 3.63) is 54.1 Å². The predicted octanol–water partition coefficient (Wildman–Crippen LogP) is 2.84. The minimum atomic E-state index is -3.15. The summed E-state index contributed by atoms with van der Waals surface area (Å²) >= 11 is 0. The topological polar surface area (TPSA) is 94.6 Å². The lowest BCUT2D eigenvalue weighted by molar-refractivity contribution is 0.0957. The van der Waals surface area contributed by atoms with Crippen molar-refractivity contribution in [1.29, 1.82) is 0 Å². The summed E-state index contributed by atoms with van der Waals surface area (Å²) in [5.41, 5.74) is 2.54. The third-order valence-corrected chi connectivity index (χ3v) is 6.64. The second-order valence-electron chi connectivity index (χ2n) is 6.92. The molecule has 30 heavy (non-hydrogen) atoms. The van der Waals surface area contributed by atoms with E-state index in [4.69, 9.17) is 14.5 Å². The van der Waals surface area contributed by atoms with Gasteiger partial charge in [0.2, 0.25) is 0 Å². The number of hydrogen-bond acceptors (Lipinski definition) is 6. The van der Waals surface area contributed by atoms with Crippen LogP contribution in [0.1, 0.15) is 17.3 Å². The molecule has 0 saturated heterocycles. The Morgan fingerprint density at radius 1 is 1.07 bits per heavy atom. The quantitative estimate of drug-likeness (QED) is 0.651. The third-order valence-electron chi connectivity index (χ3n) is 4.94. The number of nitrogens with zero attached hydrogens (tertiary/aromatic N) is 1. The Morgan fingerprint density at radius 2 is 1.83 bits per heavy atom. The molecule has 0 aliphatic carbocycles. The second kappa shape index (κ2) is 8.31. The number of rotatable bonds is 6. The number of carbonyl (C=O) groups is 1. The number of sulfone groups is 1. The minimum absolute atomic E-state index is 0.0509. The highest BCUT2D eigenvalue weighted by atomic mass is 32.2. The van der Waals surface area contributed by atoms with Gasteiger partial charge < -0.3 is 14.8 Å². The molecule has 0 saturated carbocycles. The third kappa shape index (κ3) is 4.23. The van der Waals surface area contributed by atoms with Crippen LogP contribution in [0.4, 0.5) is 0 Å². The first kappa shape index (κ1) is 20.2. The van der Waals surface area contributed by atoms with Gasteiger partial charge in [-0.05, 0) is 30.3 Å². The predicted molar refractivity (Wildman–Crippen MR) is 115 cm³/mol. The average molecular weight is 426 g/mol. The smallest absolute Gasteiger partial charge is 0.252 e. The molecule has 2 heterocycles. The molecular formula is C22H22N2O5S. The van der Waals surface area contributed by atoms with Crippen molar-refractivity contribution < 1.29 is 22.7 Å². The molecule has 0 atom stereocenters. The molecule has 1 N–H and O–H groups in total. The van der Waals surface area contributed by atoms with Crippen LogP contribution in [0.2, 0.25) is 0 Å². The van der Waals surface area contributed by atoms with Gasteiger partial charge >= 0.3 is 0 Å². The molecular weight excluding hydrogens is 404 g/mol. The molecule has 4 rings (SSSR count). The highest BCUT2D eigenvalue weighted by Gasteiger charge is 2.17. The minimum Gasteiger partial charge on any atom is -0.486 e. The summed E-state index contributed by atoms with van der Waals surface area (Å²) in [5.74, 6) is 0.951. The van der Waals surface area contributed by atoms with E-state index in [0.29, 0.717) is 46.9 Å². The molecule has 8 heteroatoms. The van der Waals surface area contributed by atoms with Crippen molar-refractivity contribution in [2.24, 2.45) is 0 Å². The number of para-hydroxylation sites is 1. The van der Waals surface area contributed by atoms with Crippen LogP contribution in [0, 0.1) is 0 Å². The zero-order chi connectivity index (χ0) is 21.1. The summed E-state index contributed by atoms with van der Waals surface area (Å²) in [7, 11) is -3.15. The summed E-state index contributed by atoms with van der Waals surface area (Å²) < 4.78 is 34.6. The standard InChI is InChI=1S/C22H22N2O5S/c1-2-30(26,27)12-9-23-22(25)17-14-19(24-18-6-4-3-5-16(17)18)15-7-8-20-21(13-15)29-11-10-28-20/h3-8,13-14H,2,9-12H2,1H3,(H,23,25). The molecule has 1 aliphatic rings. The van der Waals surface area contributed by atoms with Gasteiger partial charge in [-0.3, -0.25) is 4.79 Å². The average Bonchev–Trinajstić information content (AvgIpc) is 2.77. The van der Waals surface area contributed by atoms with Crippen LogP contribution in [0.3, 0.4) is 0 Å². The van der Waals surface area contributed by atoms with E-state index in [2.05, 4.69) is 5.32 Å². The maximum atomic E-state index is 12.9. The van der Waals surface area contributed by atoms with E-state index >= 15 is 0 Å². The van der Waals surface area contributed by atoms with Gasteiger partial charge in [0.1, 0.15) is 13.2 Å². The fourth-order valence-electron chi connectivity index (χ4n) is 3.27. The Morgan fingerprint density at radius 3 is 2.63 bits per heavy atom. The first-order chi connectivity index (χ1) is 14.5. The number of pyridine rings is 1. The van der Waals surface area contributed by atoms with Gasteiger partial charge in [0.15, 0.2) is 21.3 Å². The number of hydrogen-bond donors (Lipinski definition) is 1. The van der Waals surface area contributed by atoms with E-state index in [0.717, 1.165) is 5.56 Å². The molecule has 0 unspecified atom stereocenters. The molecule has 0 spiro atoms. The van der Waals surface area contributed by atoms with E-state index in [1.165, 1.54) is 0 Å². The molecule has 1 aliphatic heterocycles. The molecule has 0 radical (unpaired) electrons. The number of benzene rings is 2. The zero-order valence-corrected chi connectivity index (χ0v) is 17.4. The number of amides is 1. The fourth-order valence-corrected chi connectivity index (χ4v) is 3.98. The summed E-state index contributed by atoms with van der Waals surface area (Å²) in [6.07, 6.45) is 0. The molecule has 7 nitrogen and oxygen atoms in total. The van der Waals surface area contributed by atoms with E-state index in [9.17, 15) is 13.2 Å². The van der Waals surface area contributed by atoms with Gasteiger partial charge in [-0.2, -0.15) is 0 Å². The number of carbonyl (C=O) groups excluding carboxylic acids is 1. The molecule has 1 amide bonds. The van der Waals surface area contributed by atoms with Crippen LogP contribution >= 0.6 is 0 Å². The number of nitrogens with one attached hydrogen (secondary N) is 1. The van der Waals surface area contributed by atoms with Gasteiger partial charge in [0.25, 0.3) is 5.91 Å². The maximum absolute atomic E-state index is 12.9. The van der Waals surface area contributed by atoms with E-state index in [1.54, 1.807) is 13.0 Å². The summed E-state index contributed by atoms with van der Waals surface area (Å²) in [6.45, 7) is 2.65. The number of fused-ring (bicyclic) bond motifs is 2. The molecule has 0 fully saturated rings. The van der Waals surface area contributed by atoms with Crippen molar-refractivity contribution >= 4 is 26.6 Å². The molecule has 0 bridgehead atoms. The van der Waals surface area contributed by atoms with Crippen molar-refractivity contribution in [2.75, 3.05) is 31.3 Å². The van der Waals surface area contributed by atoms with Gasteiger partial charge in [-0.1, -0.05) is 25.1 Å². The van der Waals surface area contributed by atoms with Crippen LogP contribution < -0.4 is 14.8 Å². The summed E-state index contributed by atoms with van der Waals surface area (Å²) in [6, 6.07) is 14.6. The van der Waals surface area contributed by atoms with Crippen molar-refractivity contribution in [1.82, 2.24) is 10.3 Å². The Bertz CT molecular complexity index is 1210. The molecule has 1 aromatic heterocycles. The molecule has 3 aromatic rings. The lowest BCUT2D eigenvalue weighted by atomic mass is 10.0. The van der Waals surface area contributed by atoms with Crippen molar-refractivity contribution in [3.8, 4) is 22.8 Å². The van der Waals surface area contributed by atoms with Gasteiger partial charge in [0, 0.05) is 23.2 Å². The fraction of sp³-hybridized carbons (Fsp3) is 0.273. The molecule has 2 aromatic carbocycles. The van der Waals surface area contributed by atoms with E-state index in [1.807, 2.05) is 42.5 Å². The SMILES string of the molecule is CCS(=O)(=O)CCNC(=O)c1cc(-c2ccc3c(c2)OCCO3)nc2ccccc12. The maximum Gasteiger partial charge on any atom is 0.252 e. The Balaban J connectivity index is 1.68. The zero-order valence-electron chi connectivity index (χ0n) is 16.6. The Hall–Kier alpha value is -3.13. The second-order valence-corrected chi connectivity index (χ2v) is 9.40. The summed E-state index contributed by atoms with van der Waals surface area (Å²) in [5, 5.41) is 3.42. The van der Waals surface area contributed by atoms with Gasteiger partial charge in [0.05, 0.1) is 22.5 Å². The van der Waals surface area contributed by atoms with Gasteiger partial charge in [-0.25, -0.2) is 13.4 Å². The van der Waals surface area contributed by atoms with Gasteiger partial charge in [-0.15, -0.1) is 0 Å². The normalized spacial score (nSPS) is 13.2. The highest BCUT2D eigenvalue weighted by Crippen LogP contribution is 2.35. The van der Waals surface area contributed by atoms with Crippen LogP contribution in [0.25, 0.3) is 22.2 Å². The molecule has 156 valence electrons. The van der Waals surface area contributed by atoms with Crippen LogP contribution in [-0.2, 0) is 9.84 Å². The lowest BCUT2D eigenvalue weighted by Crippen LogP contribution is -2.29. The Labute approximate surface area is 175 Å². The van der Waals surface area contributed by atoms with Crippen molar-refractivity contribution in [2.45, 2.75) is 6.92 Å². The van der Waals surface area contributed by atoms with Crippen molar-refractivity contribution in [3.63, 3.8) is 0 Å². The highest BCUT2D eigenvalue weighted by molar-refractivity contribution is 7.91. The van der Waals surface area contributed by atoms with Crippen LogP contribution in [0.15, 0.2) is 48.5 Å². The first-order valence-electron chi connectivity index (χ1n) is 9.75. The Kier molecular flexibility index (Phi) is 5.59. The van der Waals surface area contributed by atoms with E-state index < -0.39 is 9.84 Å². The lowest BCUT2D eigenvalue weighted by Gasteiger charge is -2.19. The van der Waals surface area contributed by atoms with Crippen LogP contribution in [-0.4, -0.2) is 50.6 Å². The number of aromatic nitrogens is 1. The van der Waals surface area contributed by atoms with Crippen LogP contribution in [0.5, 0.6) is 11.5 Å². The monoisotopic (exact) mass is 426 g/mol. The largest absolute Gasteiger partial charge is 0.486 e. The first-order valence-corrected chi connectivity index (χ1v) is 11.6. The summed E-state index contributed by atoms with van der Waals surface area (Å²) in [4.78, 5) is 17.6. The van der Waals surface area contributed by atoms with E-state index in [-0.39, 0.29) is 24.0 Å².